The zero-order valence-electron chi connectivity index (χ0n) is 24.0. The first-order valence-corrected chi connectivity index (χ1v) is 14.8. The van der Waals surface area contributed by atoms with Gasteiger partial charge in [-0.05, 0) is 102 Å². The van der Waals surface area contributed by atoms with Gasteiger partial charge < -0.3 is 25.8 Å². The SMILES string of the molecule is CN(CCCNC(=O)CCN1CCC(CCCC2CCN(CCC(N)=O)CC2)CC1)CCC(C)(C)C. The zero-order valence-corrected chi connectivity index (χ0v) is 24.0. The monoisotopic (exact) mass is 507 g/mol. The van der Waals surface area contributed by atoms with E-state index in [1.807, 2.05) is 0 Å². The molecule has 2 aliphatic rings. The van der Waals surface area contributed by atoms with Crippen molar-refractivity contribution in [2.24, 2.45) is 23.0 Å². The largest absolute Gasteiger partial charge is 0.370 e. The minimum absolute atomic E-state index is 0.187. The normalized spacial score (nSPS) is 19.1. The Labute approximate surface area is 221 Å². The van der Waals surface area contributed by atoms with Crippen molar-refractivity contribution in [3.05, 3.63) is 0 Å². The number of carbonyl (C=O) groups is 2. The molecule has 2 rings (SSSR count). The van der Waals surface area contributed by atoms with Gasteiger partial charge in [0.15, 0.2) is 0 Å². The standard InChI is InChI=1S/C29H57N5O2/c1-29(2,3)15-24-32(4)17-6-16-31-28(36)14-23-34-20-11-26(12-21-34)8-5-7-25-9-18-33(19-10-25)22-13-27(30)35/h25-26H,5-24H2,1-4H3,(H2,30,35)(H,31,36). The number of piperidine rings is 2. The summed E-state index contributed by atoms with van der Waals surface area (Å²) >= 11 is 0. The van der Waals surface area contributed by atoms with Crippen molar-refractivity contribution in [1.29, 1.82) is 0 Å². The van der Waals surface area contributed by atoms with Crippen molar-refractivity contribution < 1.29 is 9.59 Å². The second-order valence-electron chi connectivity index (χ2n) is 12.8. The molecule has 0 bridgehead atoms. The maximum absolute atomic E-state index is 12.3. The van der Waals surface area contributed by atoms with Crippen LogP contribution in [0.5, 0.6) is 0 Å². The van der Waals surface area contributed by atoms with Crippen molar-refractivity contribution in [2.45, 2.75) is 91.4 Å². The van der Waals surface area contributed by atoms with Crippen LogP contribution in [0.4, 0.5) is 0 Å². The maximum Gasteiger partial charge on any atom is 0.221 e. The fourth-order valence-electron chi connectivity index (χ4n) is 5.52. The molecule has 2 amide bonds. The number of nitrogens with one attached hydrogen (secondary N) is 1. The van der Waals surface area contributed by atoms with Crippen molar-refractivity contribution in [2.75, 3.05) is 66.0 Å². The van der Waals surface area contributed by atoms with Gasteiger partial charge in [0.1, 0.15) is 0 Å². The lowest BCUT2D eigenvalue weighted by atomic mass is 9.87. The van der Waals surface area contributed by atoms with Crippen LogP contribution in [0.3, 0.4) is 0 Å². The minimum atomic E-state index is -0.187. The molecule has 2 aliphatic heterocycles. The van der Waals surface area contributed by atoms with Crippen LogP contribution in [0, 0.1) is 17.3 Å². The van der Waals surface area contributed by atoms with E-state index in [2.05, 4.69) is 47.8 Å². The summed E-state index contributed by atoms with van der Waals surface area (Å²) in [5, 5.41) is 3.12. The van der Waals surface area contributed by atoms with Gasteiger partial charge in [0.25, 0.3) is 0 Å². The van der Waals surface area contributed by atoms with Gasteiger partial charge in [-0.1, -0.05) is 40.0 Å². The molecule has 0 aromatic rings. The summed E-state index contributed by atoms with van der Waals surface area (Å²) in [6, 6.07) is 0. The van der Waals surface area contributed by atoms with Gasteiger partial charge in [-0.3, -0.25) is 9.59 Å². The van der Waals surface area contributed by atoms with Crippen LogP contribution in [0.1, 0.15) is 91.4 Å². The van der Waals surface area contributed by atoms with Crippen LogP contribution >= 0.6 is 0 Å². The molecule has 7 nitrogen and oxygen atoms in total. The molecular formula is C29H57N5O2. The first-order chi connectivity index (χ1) is 17.1. The Morgan fingerprint density at radius 3 is 1.89 bits per heavy atom. The van der Waals surface area contributed by atoms with E-state index in [0.29, 0.717) is 18.3 Å². The lowest BCUT2D eigenvalue weighted by Crippen LogP contribution is -2.37. The summed E-state index contributed by atoms with van der Waals surface area (Å²) in [7, 11) is 2.18. The topological polar surface area (TPSA) is 81.9 Å². The molecule has 0 unspecified atom stereocenters. The Hall–Kier alpha value is -1.18. The number of nitrogens with two attached hydrogens (primary N) is 1. The Morgan fingerprint density at radius 1 is 0.861 bits per heavy atom. The van der Waals surface area contributed by atoms with Gasteiger partial charge in [0.2, 0.25) is 11.8 Å². The maximum atomic E-state index is 12.3. The van der Waals surface area contributed by atoms with E-state index in [-0.39, 0.29) is 11.8 Å². The van der Waals surface area contributed by atoms with Crippen LogP contribution in [-0.4, -0.2) is 92.5 Å². The van der Waals surface area contributed by atoms with E-state index in [0.717, 1.165) is 77.2 Å². The molecule has 2 heterocycles. The van der Waals surface area contributed by atoms with Crippen LogP contribution in [0.25, 0.3) is 0 Å². The summed E-state index contributed by atoms with van der Waals surface area (Å²) in [5.41, 5.74) is 5.65. The first kappa shape index (κ1) is 31.0. The molecule has 3 N–H and O–H groups in total. The predicted octanol–water partition coefficient (Wildman–Crippen LogP) is 3.72. The molecule has 0 radical (unpaired) electrons. The molecule has 7 heteroatoms. The molecule has 0 aromatic heterocycles. The van der Waals surface area contributed by atoms with E-state index >= 15 is 0 Å². The molecular weight excluding hydrogens is 450 g/mol. The molecule has 0 atom stereocenters. The second kappa shape index (κ2) is 16.6. The van der Waals surface area contributed by atoms with E-state index in [1.54, 1.807) is 0 Å². The Bertz CT molecular complexity index is 620. The highest BCUT2D eigenvalue weighted by atomic mass is 16.1. The van der Waals surface area contributed by atoms with E-state index < -0.39 is 0 Å². The van der Waals surface area contributed by atoms with E-state index in [4.69, 9.17) is 5.73 Å². The third kappa shape index (κ3) is 14.5. The number of hydrogen-bond acceptors (Lipinski definition) is 5. The average molecular weight is 508 g/mol. The lowest BCUT2D eigenvalue weighted by Gasteiger charge is -2.33. The summed E-state index contributed by atoms with van der Waals surface area (Å²) in [6.07, 6.45) is 12.5. The summed E-state index contributed by atoms with van der Waals surface area (Å²) in [5.74, 6) is 1.74. The Kier molecular flexibility index (Phi) is 14.3. The number of carbonyl (C=O) groups excluding carboxylic acids is 2. The smallest absolute Gasteiger partial charge is 0.221 e. The number of amides is 2. The van der Waals surface area contributed by atoms with Crippen LogP contribution in [-0.2, 0) is 9.59 Å². The molecule has 210 valence electrons. The minimum Gasteiger partial charge on any atom is -0.370 e. The molecule has 36 heavy (non-hydrogen) atoms. The van der Waals surface area contributed by atoms with E-state index in [9.17, 15) is 9.59 Å². The van der Waals surface area contributed by atoms with Crippen molar-refractivity contribution in [3.8, 4) is 0 Å². The highest BCUT2D eigenvalue weighted by Gasteiger charge is 2.22. The van der Waals surface area contributed by atoms with Crippen molar-refractivity contribution in [3.63, 3.8) is 0 Å². The average Bonchev–Trinajstić information content (AvgIpc) is 2.84. The molecule has 2 fully saturated rings. The van der Waals surface area contributed by atoms with Gasteiger partial charge >= 0.3 is 0 Å². The van der Waals surface area contributed by atoms with Gasteiger partial charge in [0, 0.05) is 32.5 Å². The van der Waals surface area contributed by atoms with Gasteiger partial charge in [-0.25, -0.2) is 0 Å². The number of likely N-dealkylation sites (tertiary alicyclic amines) is 2. The summed E-state index contributed by atoms with van der Waals surface area (Å²) in [4.78, 5) is 30.5. The highest BCUT2D eigenvalue weighted by molar-refractivity contribution is 5.76. The Morgan fingerprint density at radius 2 is 1.39 bits per heavy atom. The van der Waals surface area contributed by atoms with Crippen LogP contribution in [0.15, 0.2) is 0 Å². The van der Waals surface area contributed by atoms with Crippen molar-refractivity contribution in [1.82, 2.24) is 20.0 Å². The predicted molar refractivity (Wildman–Crippen MR) is 150 cm³/mol. The van der Waals surface area contributed by atoms with Crippen LogP contribution < -0.4 is 11.1 Å². The third-order valence-electron chi connectivity index (χ3n) is 8.25. The molecule has 0 aliphatic carbocycles. The first-order valence-electron chi connectivity index (χ1n) is 14.8. The number of hydrogen-bond donors (Lipinski definition) is 2. The Balaban J connectivity index is 1.44. The molecule has 2 saturated heterocycles. The second-order valence-corrected chi connectivity index (χ2v) is 12.8. The highest BCUT2D eigenvalue weighted by Crippen LogP contribution is 2.27. The summed E-state index contributed by atoms with van der Waals surface area (Å²) in [6.45, 7) is 16.1. The number of primary amides is 1. The quantitative estimate of drug-likeness (QED) is 0.311. The fraction of sp³-hybridized carbons (Fsp3) is 0.931. The van der Waals surface area contributed by atoms with Gasteiger partial charge in [-0.2, -0.15) is 0 Å². The lowest BCUT2D eigenvalue weighted by molar-refractivity contribution is -0.121. The van der Waals surface area contributed by atoms with Gasteiger partial charge in [-0.15, -0.1) is 0 Å². The van der Waals surface area contributed by atoms with Crippen molar-refractivity contribution >= 4 is 11.8 Å². The third-order valence-corrected chi connectivity index (χ3v) is 8.25. The number of nitrogens with zero attached hydrogens (tertiary/aromatic N) is 3. The number of rotatable bonds is 16. The molecule has 0 saturated carbocycles. The zero-order chi connectivity index (χ0) is 26.4. The van der Waals surface area contributed by atoms with E-state index in [1.165, 1.54) is 51.4 Å². The van der Waals surface area contributed by atoms with Gasteiger partial charge in [0.05, 0.1) is 0 Å². The fourth-order valence-corrected chi connectivity index (χ4v) is 5.52. The molecule has 0 aromatic carbocycles. The molecule has 0 spiro atoms. The van der Waals surface area contributed by atoms with Crippen LogP contribution in [0.2, 0.25) is 0 Å². The summed E-state index contributed by atoms with van der Waals surface area (Å²) < 4.78 is 0.